The molecule has 6 aromatic rings. The maximum Gasteiger partial charge on any atom is 0.119 e. The van der Waals surface area contributed by atoms with E-state index in [1.165, 1.54) is 0 Å². The van der Waals surface area contributed by atoms with Crippen LogP contribution in [0.4, 0.5) is 0 Å². The highest BCUT2D eigenvalue weighted by Crippen LogP contribution is 2.36. The van der Waals surface area contributed by atoms with Crippen molar-refractivity contribution < 1.29 is 29.2 Å². The summed E-state index contributed by atoms with van der Waals surface area (Å²) in [5.41, 5.74) is 18.8. The van der Waals surface area contributed by atoms with E-state index in [0.717, 1.165) is 56.4 Å². The molecule has 0 saturated carbocycles. The highest BCUT2D eigenvalue weighted by molar-refractivity contribution is 5.44. The molecule has 6 N–H and O–H groups in total. The van der Waals surface area contributed by atoms with Crippen LogP contribution in [0.25, 0.3) is 0 Å². The molecule has 0 fully saturated rings. The Hall–Kier alpha value is -5.96. The normalized spacial score (nSPS) is 13.0. The van der Waals surface area contributed by atoms with E-state index in [-0.39, 0.29) is 39.8 Å². The fraction of sp³-hybridized carbons (Fsp3) is 0.294. The molecule has 2 atom stereocenters. The van der Waals surface area contributed by atoms with Crippen molar-refractivity contribution in [3.63, 3.8) is 0 Å². The fourth-order valence-electron chi connectivity index (χ4n) is 7.04. The van der Waals surface area contributed by atoms with Gasteiger partial charge in [-0.1, -0.05) is 114 Å². The van der Waals surface area contributed by atoms with Gasteiger partial charge in [0.1, 0.15) is 60.9 Å². The van der Waals surface area contributed by atoms with Gasteiger partial charge >= 0.3 is 0 Å². The van der Waals surface area contributed by atoms with E-state index < -0.39 is 0 Å². The number of phenols is 2. The van der Waals surface area contributed by atoms with Crippen LogP contribution in [0.1, 0.15) is 74.9 Å². The standard InChI is InChI=1S/C51H58N2O6/c1-49(2,35-7-19-43(54)20-8-35)37-11-23-45(24-12-37)56-31-41(52)33-58-47-27-15-39(16-28-47)51(5,6)40-17-29-48(30-18-40)59-34-42(53)32-57-46-25-13-38(14-26-46)50(3,4)36-9-21-44(55)22-10-36/h7-30,41-42,54-55H,31-34,52-53H2,1-6H3. The summed E-state index contributed by atoms with van der Waals surface area (Å²) in [6, 6.07) is 46.4. The van der Waals surface area contributed by atoms with Crippen molar-refractivity contribution in [3.05, 3.63) is 179 Å². The lowest BCUT2D eigenvalue weighted by Gasteiger charge is -2.27. The molecule has 0 aliphatic heterocycles. The molecule has 0 amide bonds. The molecule has 0 saturated heterocycles. The second-order valence-corrected chi connectivity index (χ2v) is 16.8. The van der Waals surface area contributed by atoms with Crippen molar-refractivity contribution in [2.75, 3.05) is 26.4 Å². The number of nitrogens with two attached hydrogens (primary N) is 2. The minimum Gasteiger partial charge on any atom is -0.508 e. The van der Waals surface area contributed by atoms with Crippen molar-refractivity contribution >= 4 is 0 Å². The van der Waals surface area contributed by atoms with Gasteiger partial charge in [-0.2, -0.15) is 0 Å². The number of benzene rings is 6. The zero-order valence-electron chi connectivity index (χ0n) is 35.0. The Kier molecular flexibility index (Phi) is 13.2. The van der Waals surface area contributed by atoms with E-state index in [9.17, 15) is 10.2 Å². The Balaban J connectivity index is 0.919. The minimum absolute atomic E-state index is 0.222. The van der Waals surface area contributed by atoms with E-state index >= 15 is 0 Å². The SMILES string of the molecule is CC(C)(c1ccc(O)cc1)c1ccc(OCC(N)COc2ccc(C(C)(C)c3ccc(OCC(N)COc4ccc(C(C)(C)c5ccc(O)cc5)cc4)cc3)cc2)cc1. The molecule has 0 bridgehead atoms. The summed E-state index contributed by atoms with van der Waals surface area (Å²) in [4.78, 5) is 0. The first-order valence-corrected chi connectivity index (χ1v) is 20.1. The molecule has 0 aliphatic rings. The quantitative estimate of drug-likeness (QED) is 0.0677. The lowest BCUT2D eigenvalue weighted by atomic mass is 9.78. The van der Waals surface area contributed by atoms with Gasteiger partial charge in [-0.3, -0.25) is 0 Å². The lowest BCUT2D eigenvalue weighted by molar-refractivity contribution is 0.220. The highest BCUT2D eigenvalue weighted by Gasteiger charge is 2.25. The van der Waals surface area contributed by atoms with E-state index in [0.29, 0.717) is 26.4 Å². The second kappa shape index (κ2) is 18.3. The highest BCUT2D eigenvalue weighted by atomic mass is 16.5. The molecule has 0 spiro atoms. The van der Waals surface area contributed by atoms with Gasteiger partial charge in [-0.25, -0.2) is 0 Å². The molecule has 8 heteroatoms. The van der Waals surface area contributed by atoms with Gasteiger partial charge in [0.2, 0.25) is 0 Å². The second-order valence-electron chi connectivity index (χ2n) is 16.8. The molecule has 0 heterocycles. The van der Waals surface area contributed by atoms with Crippen molar-refractivity contribution in [1.82, 2.24) is 0 Å². The topological polar surface area (TPSA) is 129 Å². The summed E-state index contributed by atoms with van der Waals surface area (Å²) in [7, 11) is 0. The smallest absolute Gasteiger partial charge is 0.119 e. The van der Waals surface area contributed by atoms with Crippen molar-refractivity contribution in [3.8, 4) is 34.5 Å². The van der Waals surface area contributed by atoms with Gasteiger partial charge in [0.05, 0.1) is 12.1 Å². The number of aromatic hydroxyl groups is 2. The lowest BCUT2D eigenvalue weighted by Crippen LogP contribution is -2.34. The van der Waals surface area contributed by atoms with Crippen LogP contribution in [-0.4, -0.2) is 48.7 Å². The molecule has 0 aliphatic carbocycles. The first-order valence-electron chi connectivity index (χ1n) is 20.1. The molecule has 59 heavy (non-hydrogen) atoms. The molecule has 8 nitrogen and oxygen atoms in total. The van der Waals surface area contributed by atoms with Crippen LogP contribution in [0.2, 0.25) is 0 Å². The zero-order chi connectivity index (χ0) is 42.2. The molecule has 0 radical (unpaired) electrons. The first kappa shape index (κ1) is 42.6. The molecular formula is C51H58N2O6. The molecule has 6 rings (SSSR count). The summed E-state index contributed by atoms with van der Waals surface area (Å²) < 4.78 is 24.0. The van der Waals surface area contributed by atoms with Crippen LogP contribution in [0.15, 0.2) is 146 Å². The van der Waals surface area contributed by atoms with E-state index in [2.05, 4.69) is 90.1 Å². The predicted octanol–water partition coefficient (Wildman–Crippen LogP) is 9.65. The summed E-state index contributed by atoms with van der Waals surface area (Å²) in [5, 5.41) is 19.3. The maximum absolute atomic E-state index is 9.66. The number of hydrogen-bond donors (Lipinski definition) is 4. The predicted molar refractivity (Wildman–Crippen MR) is 236 cm³/mol. The van der Waals surface area contributed by atoms with Gasteiger partial charge in [0.25, 0.3) is 0 Å². The van der Waals surface area contributed by atoms with Gasteiger partial charge in [0.15, 0.2) is 0 Å². The van der Waals surface area contributed by atoms with Gasteiger partial charge in [-0.05, 0) is 106 Å². The Bertz CT molecular complexity index is 2050. The average Bonchev–Trinajstić information content (AvgIpc) is 3.24. The average molecular weight is 795 g/mol. The summed E-state index contributed by atoms with van der Waals surface area (Å²) in [6.07, 6.45) is 0. The van der Waals surface area contributed by atoms with Gasteiger partial charge in [-0.15, -0.1) is 0 Å². The molecule has 0 aromatic heterocycles. The van der Waals surface area contributed by atoms with Gasteiger partial charge < -0.3 is 40.6 Å². The summed E-state index contributed by atoms with van der Waals surface area (Å²) in [5.74, 6) is 3.50. The third kappa shape index (κ3) is 10.8. The van der Waals surface area contributed by atoms with Crippen molar-refractivity contribution in [2.24, 2.45) is 11.5 Å². The fourth-order valence-corrected chi connectivity index (χ4v) is 7.04. The van der Waals surface area contributed by atoms with Gasteiger partial charge in [0, 0.05) is 16.2 Å². The summed E-state index contributed by atoms with van der Waals surface area (Å²) in [6.45, 7) is 14.3. The van der Waals surface area contributed by atoms with Crippen LogP contribution in [-0.2, 0) is 16.2 Å². The number of hydrogen-bond acceptors (Lipinski definition) is 8. The molecular weight excluding hydrogens is 737 g/mol. The van der Waals surface area contributed by atoms with Crippen LogP contribution < -0.4 is 30.4 Å². The molecule has 2 unspecified atom stereocenters. The number of ether oxygens (including phenoxy) is 4. The monoisotopic (exact) mass is 794 g/mol. The number of rotatable bonds is 18. The van der Waals surface area contributed by atoms with E-state index in [4.69, 9.17) is 30.4 Å². The third-order valence-corrected chi connectivity index (χ3v) is 11.3. The van der Waals surface area contributed by atoms with Crippen molar-refractivity contribution in [2.45, 2.75) is 69.9 Å². The van der Waals surface area contributed by atoms with E-state index in [1.54, 1.807) is 24.3 Å². The van der Waals surface area contributed by atoms with Crippen LogP contribution in [0.5, 0.6) is 34.5 Å². The first-order chi connectivity index (χ1) is 28.1. The van der Waals surface area contributed by atoms with Crippen LogP contribution in [0.3, 0.4) is 0 Å². The van der Waals surface area contributed by atoms with Crippen molar-refractivity contribution in [1.29, 1.82) is 0 Å². The maximum atomic E-state index is 9.66. The van der Waals surface area contributed by atoms with Crippen LogP contribution in [0, 0.1) is 0 Å². The minimum atomic E-state index is -0.309. The summed E-state index contributed by atoms with van der Waals surface area (Å²) >= 11 is 0. The Morgan fingerprint density at radius 2 is 0.508 bits per heavy atom. The van der Waals surface area contributed by atoms with Crippen LogP contribution >= 0.6 is 0 Å². The largest absolute Gasteiger partial charge is 0.508 e. The van der Waals surface area contributed by atoms with E-state index in [1.807, 2.05) is 72.8 Å². The third-order valence-electron chi connectivity index (χ3n) is 11.3. The number of phenolic OH excluding ortho intramolecular Hbond substituents is 2. The zero-order valence-corrected chi connectivity index (χ0v) is 35.0. The molecule has 308 valence electrons. The molecule has 6 aromatic carbocycles. The Labute approximate surface area is 349 Å². The Morgan fingerprint density at radius 3 is 0.695 bits per heavy atom. The Morgan fingerprint density at radius 1 is 0.339 bits per heavy atom.